The van der Waals surface area contributed by atoms with Gasteiger partial charge >= 0.3 is 0 Å². The van der Waals surface area contributed by atoms with Crippen molar-refractivity contribution < 1.29 is 4.84 Å². The molecule has 1 aliphatic heterocycles. The predicted molar refractivity (Wildman–Crippen MR) is 100 cm³/mol. The lowest BCUT2D eigenvalue weighted by Crippen LogP contribution is -2.33. The molecule has 0 amide bonds. The van der Waals surface area contributed by atoms with Gasteiger partial charge in [0, 0.05) is 5.69 Å². The number of halogens is 1. The van der Waals surface area contributed by atoms with Crippen LogP contribution in [0.25, 0.3) is 0 Å². The Hall–Kier alpha value is -1.85. The first kappa shape index (κ1) is 17.5. The van der Waals surface area contributed by atoms with Crippen LogP contribution in [0.1, 0.15) is 16.7 Å². The molecule has 3 rings (SSSR count). The topological polar surface area (TPSA) is 36.9 Å². The smallest absolute Gasteiger partial charge is 0.223 e. The van der Waals surface area contributed by atoms with Gasteiger partial charge in [-0.3, -0.25) is 4.84 Å². The first-order valence-corrected chi connectivity index (χ1v) is 7.56. The average Bonchev–Trinajstić information content (AvgIpc) is 2.97. The van der Waals surface area contributed by atoms with Crippen LogP contribution in [0.15, 0.2) is 53.5 Å². The van der Waals surface area contributed by atoms with Crippen LogP contribution < -0.4 is 5.32 Å². The van der Waals surface area contributed by atoms with Crippen molar-refractivity contribution in [1.29, 1.82) is 0 Å². The second-order valence-electron chi connectivity index (χ2n) is 5.46. The molecule has 2 aromatic carbocycles. The molecule has 1 N–H and O–H groups in total. The monoisotopic (exact) mass is 375 g/mol. The van der Waals surface area contributed by atoms with Crippen LogP contribution in [0, 0.1) is 13.8 Å². The normalized spacial score (nSPS) is 13.5. The van der Waals surface area contributed by atoms with Crippen LogP contribution >= 0.6 is 17.0 Å². The Morgan fingerprint density at radius 3 is 2.43 bits per heavy atom. The number of aliphatic imine (C=N–C) groups is 1. The van der Waals surface area contributed by atoms with E-state index in [2.05, 4.69) is 54.5 Å². The zero-order valence-electron chi connectivity index (χ0n) is 13.5. The number of rotatable bonds is 4. The number of aryl methyl sites for hydroxylation is 2. The van der Waals surface area contributed by atoms with E-state index in [1.54, 1.807) is 0 Å². The van der Waals surface area contributed by atoms with Crippen LogP contribution in [-0.4, -0.2) is 24.1 Å². The van der Waals surface area contributed by atoms with E-state index in [1.165, 1.54) is 11.1 Å². The van der Waals surface area contributed by atoms with Crippen LogP contribution in [0.2, 0.25) is 0 Å². The lowest BCUT2D eigenvalue weighted by molar-refractivity contribution is -0.103. The number of hydrogen-bond acceptors (Lipinski definition) is 4. The Morgan fingerprint density at radius 2 is 1.74 bits per heavy atom. The van der Waals surface area contributed by atoms with E-state index in [-0.39, 0.29) is 17.0 Å². The maximum absolute atomic E-state index is 5.89. The number of hydrogen-bond donors (Lipinski definition) is 1. The van der Waals surface area contributed by atoms with Crippen molar-refractivity contribution in [3.8, 4) is 0 Å². The quantitative estimate of drug-likeness (QED) is 0.873. The molecule has 1 heterocycles. The van der Waals surface area contributed by atoms with Gasteiger partial charge in [-0.2, -0.15) is 0 Å². The molecular formula is C18H22BrN3O. The highest BCUT2D eigenvalue weighted by atomic mass is 79.9. The molecule has 0 saturated carbocycles. The van der Waals surface area contributed by atoms with Crippen molar-refractivity contribution in [2.24, 2.45) is 4.99 Å². The van der Waals surface area contributed by atoms with E-state index in [1.807, 2.05) is 23.3 Å². The predicted octanol–water partition coefficient (Wildman–Crippen LogP) is 4.10. The first-order valence-electron chi connectivity index (χ1n) is 7.56. The van der Waals surface area contributed by atoms with Gasteiger partial charge in [0.05, 0.1) is 13.1 Å². The van der Waals surface area contributed by atoms with Gasteiger partial charge in [-0.05, 0) is 30.5 Å². The lowest BCUT2D eigenvalue weighted by atomic mass is 10.1. The van der Waals surface area contributed by atoms with Crippen LogP contribution in [0.3, 0.4) is 0 Å². The van der Waals surface area contributed by atoms with E-state index >= 15 is 0 Å². The second kappa shape index (κ2) is 8.13. The summed E-state index contributed by atoms with van der Waals surface area (Å²) in [6.07, 6.45) is 0. The molecular weight excluding hydrogens is 354 g/mol. The molecule has 0 saturated heterocycles. The van der Waals surface area contributed by atoms with Gasteiger partial charge in [-0.1, -0.05) is 48.5 Å². The number of hydroxylamine groups is 2. The fourth-order valence-electron chi connectivity index (χ4n) is 2.51. The van der Waals surface area contributed by atoms with Gasteiger partial charge in [-0.15, -0.1) is 17.0 Å². The van der Waals surface area contributed by atoms with E-state index < -0.39 is 0 Å². The van der Waals surface area contributed by atoms with Gasteiger partial charge in [0.25, 0.3) is 0 Å². The fraction of sp³-hybridized carbons (Fsp3) is 0.278. The molecule has 0 fully saturated rings. The third-order valence-corrected chi connectivity index (χ3v) is 3.75. The Kier molecular flexibility index (Phi) is 6.19. The van der Waals surface area contributed by atoms with Crippen molar-refractivity contribution in [2.75, 3.05) is 18.4 Å². The van der Waals surface area contributed by atoms with Crippen molar-refractivity contribution in [2.45, 2.75) is 20.5 Å². The van der Waals surface area contributed by atoms with Crippen LogP contribution in [-0.2, 0) is 11.4 Å². The molecule has 4 nitrogen and oxygen atoms in total. The molecule has 0 atom stereocenters. The summed E-state index contributed by atoms with van der Waals surface area (Å²) in [5.41, 5.74) is 4.67. The number of nitrogens with one attached hydrogen (secondary N) is 1. The first-order chi connectivity index (χ1) is 10.7. The highest BCUT2D eigenvalue weighted by Crippen LogP contribution is 2.21. The Balaban J connectivity index is 0.00000192. The molecule has 1 aliphatic rings. The van der Waals surface area contributed by atoms with Crippen LogP contribution in [0.4, 0.5) is 5.69 Å². The average molecular weight is 376 g/mol. The number of anilines is 1. The minimum Gasteiger partial charge on any atom is -0.324 e. The molecule has 0 radical (unpaired) electrons. The molecule has 0 unspecified atom stereocenters. The summed E-state index contributed by atoms with van der Waals surface area (Å²) in [5, 5.41) is 5.26. The maximum Gasteiger partial charge on any atom is 0.223 e. The van der Waals surface area contributed by atoms with Gasteiger partial charge in [0.2, 0.25) is 5.96 Å². The van der Waals surface area contributed by atoms with Gasteiger partial charge in [0.15, 0.2) is 0 Å². The number of benzene rings is 2. The summed E-state index contributed by atoms with van der Waals surface area (Å²) in [4.78, 5) is 10.4. The fourth-order valence-corrected chi connectivity index (χ4v) is 2.51. The lowest BCUT2D eigenvalue weighted by Gasteiger charge is -2.22. The minimum atomic E-state index is 0. The van der Waals surface area contributed by atoms with E-state index in [0.29, 0.717) is 6.61 Å². The highest BCUT2D eigenvalue weighted by molar-refractivity contribution is 8.93. The largest absolute Gasteiger partial charge is 0.324 e. The molecule has 2 aromatic rings. The van der Waals surface area contributed by atoms with Gasteiger partial charge < -0.3 is 5.32 Å². The SMILES string of the molecule is Br.Cc1cccc(C)c1NC1=NCCN1OCc1ccccc1. The Labute approximate surface area is 147 Å². The summed E-state index contributed by atoms with van der Waals surface area (Å²) in [6.45, 7) is 6.27. The summed E-state index contributed by atoms with van der Waals surface area (Å²) < 4.78 is 0. The Morgan fingerprint density at radius 1 is 1.04 bits per heavy atom. The number of guanidine groups is 1. The van der Waals surface area contributed by atoms with Crippen molar-refractivity contribution in [3.05, 3.63) is 65.2 Å². The third kappa shape index (κ3) is 4.33. The summed E-state index contributed by atoms with van der Waals surface area (Å²) in [6, 6.07) is 16.4. The number of nitrogens with zero attached hydrogens (tertiary/aromatic N) is 2. The molecule has 122 valence electrons. The summed E-state index contributed by atoms with van der Waals surface area (Å²) >= 11 is 0. The van der Waals surface area contributed by atoms with Gasteiger partial charge in [0.1, 0.15) is 6.61 Å². The zero-order chi connectivity index (χ0) is 15.4. The second-order valence-corrected chi connectivity index (χ2v) is 5.46. The minimum absolute atomic E-state index is 0. The summed E-state index contributed by atoms with van der Waals surface area (Å²) in [7, 11) is 0. The standard InChI is InChI=1S/C18H21N3O.BrH/c1-14-7-6-8-15(2)17(14)20-18-19-11-12-21(18)22-13-16-9-4-3-5-10-16;/h3-10H,11-13H2,1-2H3,(H,19,20);1H. The van der Waals surface area contributed by atoms with E-state index in [9.17, 15) is 0 Å². The Bertz CT molecular complexity index is 653. The summed E-state index contributed by atoms with van der Waals surface area (Å²) in [5.74, 6) is 0.785. The molecule has 5 heteroatoms. The maximum atomic E-state index is 5.89. The molecule has 0 aromatic heterocycles. The molecule has 23 heavy (non-hydrogen) atoms. The third-order valence-electron chi connectivity index (χ3n) is 3.75. The zero-order valence-corrected chi connectivity index (χ0v) is 15.2. The highest BCUT2D eigenvalue weighted by Gasteiger charge is 2.19. The number of para-hydroxylation sites is 1. The molecule has 0 spiro atoms. The molecule has 0 bridgehead atoms. The van der Waals surface area contributed by atoms with E-state index in [4.69, 9.17) is 4.84 Å². The van der Waals surface area contributed by atoms with Crippen molar-refractivity contribution >= 4 is 28.6 Å². The van der Waals surface area contributed by atoms with Crippen molar-refractivity contribution in [1.82, 2.24) is 5.06 Å². The van der Waals surface area contributed by atoms with E-state index in [0.717, 1.165) is 30.3 Å². The molecule has 0 aliphatic carbocycles. The van der Waals surface area contributed by atoms with Gasteiger partial charge in [-0.25, -0.2) is 10.1 Å². The van der Waals surface area contributed by atoms with Crippen LogP contribution in [0.5, 0.6) is 0 Å². The van der Waals surface area contributed by atoms with Crippen molar-refractivity contribution in [3.63, 3.8) is 0 Å².